The fourth-order valence-corrected chi connectivity index (χ4v) is 4.94. The molecule has 1 heterocycles. The summed E-state index contributed by atoms with van der Waals surface area (Å²) in [6.45, 7) is 1.68. The first-order chi connectivity index (χ1) is 11.1. The first kappa shape index (κ1) is 16.7. The highest BCUT2D eigenvalue weighted by molar-refractivity contribution is 5.79. The van der Waals surface area contributed by atoms with Gasteiger partial charge in [0.05, 0.1) is 12.0 Å². The first-order valence-electron chi connectivity index (χ1n) is 9.35. The zero-order valence-corrected chi connectivity index (χ0v) is 14.1. The zero-order valence-electron chi connectivity index (χ0n) is 14.1. The molecule has 0 spiro atoms. The maximum atomic E-state index is 12.4. The molecule has 0 unspecified atom stereocenters. The molecule has 0 bridgehead atoms. The SMILES string of the molecule is O=C(CN1C[C@@H]2CCC[C@@]2(C(=O)O)C1)NC1CCCCCCC1. The highest BCUT2D eigenvalue weighted by Gasteiger charge is 2.54. The highest BCUT2D eigenvalue weighted by atomic mass is 16.4. The number of hydrogen-bond donors (Lipinski definition) is 2. The largest absolute Gasteiger partial charge is 0.481 e. The number of rotatable bonds is 4. The van der Waals surface area contributed by atoms with E-state index in [1.807, 2.05) is 0 Å². The number of amides is 1. The van der Waals surface area contributed by atoms with Gasteiger partial charge in [-0.2, -0.15) is 0 Å². The standard InChI is InChI=1S/C18H30N2O3/c21-16(19-15-8-4-2-1-3-5-9-15)12-20-11-14-7-6-10-18(14,13-20)17(22)23/h14-15H,1-13H2,(H,19,21)(H,22,23)/t14-,18+/m0/s1. The lowest BCUT2D eigenvalue weighted by molar-refractivity contribution is -0.149. The average Bonchev–Trinajstić information content (AvgIpc) is 2.99. The van der Waals surface area contributed by atoms with E-state index in [4.69, 9.17) is 0 Å². The Bertz CT molecular complexity index is 446. The van der Waals surface area contributed by atoms with Crippen molar-refractivity contribution in [3.8, 4) is 0 Å². The minimum Gasteiger partial charge on any atom is -0.481 e. The Hall–Kier alpha value is -1.10. The molecule has 3 aliphatic rings. The fourth-order valence-electron chi connectivity index (χ4n) is 4.94. The number of fused-ring (bicyclic) bond motifs is 1. The minimum absolute atomic E-state index is 0.0797. The summed E-state index contributed by atoms with van der Waals surface area (Å²) in [6.07, 6.45) is 11.3. The Morgan fingerprint density at radius 1 is 1.04 bits per heavy atom. The van der Waals surface area contributed by atoms with Gasteiger partial charge in [0, 0.05) is 19.1 Å². The number of aliphatic carboxylic acids is 1. The molecule has 0 aromatic heterocycles. The second-order valence-corrected chi connectivity index (χ2v) is 7.83. The molecule has 23 heavy (non-hydrogen) atoms. The third kappa shape index (κ3) is 3.70. The second kappa shape index (κ2) is 7.20. The lowest BCUT2D eigenvalue weighted by atomic mass is 9.81. The van der Waals surface area contributed by atoms with Gasteiger partial charge in [-0.1, -0.05) is 38.5 Å². The maximum Gasteiger partial charge on any atom is 0.311 e. The van der Waals surface area contributed by atoms with Crippen LogP contribution in [0.25, 0.3) is 0 Å². The fraction of sp³-hybridized carbons (Fsp3) is 0.889. The molecule has 5 nitrogen and oxygen atoms in total. The molecule has 1 amide bonds. The molecule has 0 aromatic rings. The monoisotopic (exact) mass is 322 g/mol. The summed E-state index contributed by atoms with van der Waals surface area (Å²) in [5.74, 6) is -0.354. The van der Waals surface area contributed by atoms with E-state index in [9.17, 15) is 14.7 Å². The van der Waals surface area contributed by atoms with Gasteiger partial charge in [-0.25, -0.2) is 0 Å². The third-order valence-corrected chi connectivity index (χ3v) is 6.20. The summed E-state index contributed by atoms with van der Waals surface area (Å²) in [4.78, 5) is 26.1. The van der Waals surface area contributed by atoms with E-state index >= 15 is 0 Å². The van der Waals surface area contributed by atoms with Crippen molar-refractivity contribution in [3.63, 3.8) is 0 Å². The van der Waals surface area contributed by atoms with Crippen molar-refractivity contribution < 1.29 is 14.7 Å². The normalized spacial score (nSPS) is 33.0. The van der Waals surface area contributed by atoms with Crippen molar-refractivity contribution in [1.29, 1.82) is 0 Å². The van der Waals surface area contributed by atoms with Crippen molar-refractivity contribution in [3.05, 3.63) is 0 Å². The zero-order chi connectivity index (χ0) is 16.3. The van der Waals surface area contributed by atoms with Crippen LogP contribution < -0.4 is 5.32 Å². The predicted molar refractivity (Wildman–Crippen MR) is 88.1 cm³/mol. The summed E-state index contributed by atoms with van der Waals surface area (Å²) in [5, 5.41) is 12.8. The second-order valence-electron chi connectivity index (χ2n) is 7.83. The summed E-state index contributed by atoms with van der Waals surface area (Å²) < 4.78 is 0. The van der Waals surface area contributed by atoms with E-state index in [-0.39, 0.29) is 11.8 Å². The number of nitrogens with one attached hydrogen (secondary N) is 1. The molecule has 5 heteroatoms. The van der Waals surface area contributed by atoms with Crippen LogP contribution in [0.5, 0.6) is 0 Å². The van der Waals surface area contributed by atoms with Crippen molar-refractivity contribution >= 4 is 11.9 Å². The van der Waals surface area contributed by atoms with Crippen molar-refractivity contribution in [2.75, 3.05) is 19.6 Å². The van der Waals surface area contributed by atoms with Crippen molar-refractivity contribution in [2.45, 2.75) is 70.3 Å². The summed E-state index contributed by atoms with van der Waals surface area (Å²) >= 11 is 0. The molecule has 1 aliphatic heterocycles. The topological polar surface area (TPSA) is 69.6 Å². The molecule has 2 aliphatic carbocycles. The van der Waals surface area contributed by atoms with Crippen molar-refractivity contribution in [2.24, 2.45) is 11.3 Å². The molecule has 3 rings (SSSR count). The lowest BCUT2D eigenvalue weighted by Gasteiger charge is -2.24. The van der Waals surface area contributed by atoms with Gasteiger partial charge in [0.15, 0.2) is 0 Å². The Labute approximate surface area is 138 Å². The third-order valence-electron chi connectivity index (χ3n) is 6.20. The van der Waals surface area contributed by atoms with E-state index in [0.717, 1.165) is 38.6 Å². The number of nitrogens with zero attached hydrogens (tertiary/aromatic N) is 1. The Morgan fingerprint density at radius 3 is 2.39 bits per heavy atom. The molecule has 2 N–H and O–H groups in total. The summed E-state index contributed by atoms with van der Waals surface area (Å²) in [7, 11) is 0. The van der Waals surface area contributed by atoms with Gasteiger partial charge in [0.1, 0.15) is 0 Å². The quantitative estimate of drug-likeness (QED) is 0.834. The highest BCUT2D eigenvalue weighted by Crippen LogP contribution is 2.48. The molecule has 0 radical (unpaired) electrons. The van der Waals surface area contributed by atoms with Crippen LogP contribution in [0.2, 0.25) is 0 Å². The van der Waals surface area contributed by atoms with E-state index in [0.29, 0.717) is 19.1 Å². The van der Waals surface area contributed by atoms with E-state index in [2.05, 4.69) is 10.2 Å². The van der Waals surface area contributed by atoms with Crippen LogP contribution in [0.15, 0.2) is 0 Å². The Morgan fingerprint density at radius 2 is 1.74 bits per heavy atom. The molecule has 2 atom stereocenters. The molecule has 130 valence electrons. The van der Waals surface area contributed by atoms with Crippen LogP contribution in [-0.2, 0) is 9.59 Å². The van der Waals surface area contributed by atoms with Crippen LogP contribution in [0, 0.1) is 11.3 Å². The maximum absolute atomic E-state index is 12.4. The van der Waals surface area contributed by atoms with Gasteiger partial charge in [-0.15, -0.1) is 0 Å². The molecule has 1 saturated heterocycles. The van der Waals surface area contributed by atoms with Gasteiger partial charge in [0.2, 0.25) is 5.91 Å². The van der Waals surface area contributed by atoms with Crippen molar-refractivity contribution in [1.82, 2.24) is 10.2 Å². The van der Waals surface area contributed by atoms with E-state index in [1.54, 1.807) is 0 Å². The van der Waals surface area contributed by atoms with Crippen LogP contribution in [0.4, 0.5) is 0 Å². The van der Waals surface area contributed by atoms with Gasteiger partial charge < -0.3 is 10.4 Å². The van der Waals surface area contributed by atoms with Crippen LogP contribution >= 0.6 is 0 Å². The van der Waals surface area contributed by atoms with Crippen LogP contribution in [0.3, 0.4) is 0 Å². The molecular formula is C18H30N2O3. The number of hydrogen-bond acceptors (Lipinski definition) is 3. The Balaban J connectivity index is 1.50. The predicted octanol–water partition coefficient (Wildman–Crippen LogP) is 2.40. The van der Waals surface area contributed by atoms with Gasteiger partial charge >= 0.3 is 5.97 Å². The summed E-state index contributed by atoms with van der Waals surface area (Å²) in [6, 6.07) is 0.318. The molecule has 0 aromatic carbocycles. The number of carboxylic acids is 1. The Kier molecular flexibility index (Phi) is 5.24. The van der Waals surface area contributed by atoms with Gasteiger partial charge in [-0.05, 0) is 31.6 Å². The molecular weight excluding hydrogens is 292 g/mol. The number of likely N-dealkylation sites (tertiary alicyclic amines) is 1. The number of carbonyl (C=O) groups is 2. The smallest absolute Gasteiger partial charge is 0.311 e. The van der Waals surface area contributed by atoms with Gasteiger partial charge in [0.25, 0.3) is 0 Å². The lowest BCUT2D eigenvalue weighted by Crippen LogP contribution is -2.43. The van der Waals surface area contributed by atoms with Crippen LogP contribution in [0.1, 0.15) is 64.2 Å². The summed E-state index contributed by atoms with van der Waals surface area (Å²) in [5.41, 5.74) is -0.583. The average molecular weight is 322 g/mol. The minimum atomic E-state index is -0.664. The van der Waals surface area contributed by atoms with Crippen LogP contribution in [-0.4, -0.2) is 47.6 Å². The number of carbonyl (C=O) groups excluding carboxylic acids is 1. The molecule has 2 saturated carbocycles. The number of carboxylic acid groups (broad SMARTS) is 1. The first-order valence-corrected chi connectivity index (χ1v) is 9.35. The molecule has 3 fully saturated rings. The van der Waals surface area contributed by atoms with Gasteiger partial charge in [-0.3, -0.25) is 14.5 Å². The van der Waals surface area contributed by atoms with E-state index in [1.165, 1.54) is 32.1 Å². The van der Waals surface area contributed by atoms with E-state index < -0.39 is 11.4 Å².